The van der Waals surface area contributed by atoms with Crippen molar-refractivity contribution < 1.29 is 9.90 Å². The summed E-state index contributed by atoms with van der Waals surface area (Å²) in [6.45, 7) is 9.85. The molecule has 7 heteroatoms. The van der Waals surface area contributed by atoms with Crippen molar-refractivity contribution >= 4 is 22.4 Å². The van der Waals surface area contributed by atoms with Crippen molar-refractivity contribution in [2.45, 2.75) is 40.0 Å². The second kappa shape index (κ2) is 8.67. The number of phenolic OH excluding ortho intramolecular Hbond substituents is 1. The summed E-state index contributed by atoms with van der Waals surface area (Å²) in [6.07, 6.45) is 0. The van der Waals surface area contributed by atoms with Crippen LogP contribution in [0.5, 0.6) is 5.75 Å². The van der Waals surface area contributed by atoms with Gasteiger partial charge in [0.05, 0.1) is 22.5 Å². The van der Waals surface area contributed by atoms with Gasteiger partial charge in [-0.15, -0.1) is 0 Å². The first-order valence-electron chi connectivity index (χ1n) is 11.1. The largest absolute Gasteiger partial charge is 0.507 e. The first-order valence-corrected chi connectivity index (χ1v) is 11.1. The third-order valence-electron chi connectivity index (χ3n) is 5.86. The van der Waals surface area contributed by atoms with Gasteiger partial charge in [0.25, 0.3) is 11.5 Å². The van der Waals surface area contributed by atoms with Gasteiger partial charge < -0.3 is 5.11 Å². The van der Waals surface area contributed by atoms with E-state index in [0.717, 1.165) is 10.8 Å². The standard InChI is InChI=1S/C27H28N4O3/c1-16(28-29-25(33)22-14-18-8-6-7-9-19(18)15-23(22)32)24-17(2)30-31(26(24)34)21-12-10-20(11-13-21)27(3,4)5/h6-15,30,32H,1-5H3,(H,29,33)/b28-16+. The summed E-state index contributed by atoms with van der Waals surface area (Å²) >= 11 is 0. The van der Waals surface area contributed by atoms with E-state index in [4.69, 9.17) is 0 Å². The van der Waals surface area contributed by atoms with Crippen molar-refractivity contribution in [3.63, 3.8) is 0 Å². The van der Waals surface area contributed by atoms with Crippen LogP contribution in [-0.4, -0.2) is 26.5 Å². The molecule has 7 nitrogen and oxygen atoms in total. The SMILES string of the molecule is C/C(=N\NC(=O)c1cc2ccccc2cc1O)c1c(C)[nH]n(-c2ccc(C(C)(C)C)cc2)c1=O. The molecule has 0 saturated carbocycles. The number of nitrogens with one attached hydrogen (secondary N) is 2. The molecule has 0 bridgehead atoms. The van der Waals surface area contributed by atoms with Crippen LogP contribution in [0.15, 0.2) is 70.6 Å². The van der Waals surface area contributed by atoms with Crippen molar-refractivity contribution in [3.05, 3.63) is 93.4 Å². The van der Waals surface area contributed by atoms with Gasteiger partial charge in [0.15, 0.2) is 0 Å². The fourth-order valence-corrected chi connectivity index (χ4v) is 3.93. The number of H-pyrrole nitrogens is 1. The molecule has 4 aromatic rings. The van der Waals surface area contributed by atoms with E-state index < -0.39 is 5.91 Å². The molecule has 0 aliphatic rings. The Morgan fingerprint density at radius 1 is 1.03 bits per heavy atom. The van der Waals surface area contributed by atoms with Crippen molar-refractivity contribution in [2.75, 3.05) is 0 Å². The van der Waals surface area contributed by atoms with Crippen LogP contribution in [0, 0.1) is 6.92 Å². The van der Waals surface area contributed by atoms with E-state index in [0.29, 0.717) is 22.7 Å². The Hall–Kier alpha value is -4.13. The van der Waals surface area contributed by atoms with Gasteiger partial charge in [0, 0.05) is 5.69 Å². The molecule has 3 aromatic carbocycles. The molecular weight excluding hydrogens is 428 g/mol. The summed E-state index contributed by atoms with van der Waals surface area (Å²) in [5.41, 5.74) is 5.58. The monoisotopic (exact) mass is 456 g/mol. The molecule has 3 N–H and O–H groups in total. The summed E-state index contributed by atoms with van der Waals surface area (Å²) < 4.78 is 1.47. The molecule has 0 fully saturated rings. The van der Waals surface area contributed by atoms with Crippen molar-refractivity contribution in [3.8, 4) is 11.4 Å². The van der Waals surface area contributed by atoms with E-state index in [1.807, 2.05) is 48.5 Å². The molecule has 1 heterocycles. The first kappa shape index (κ1) is 23.0. The van der Waals surface area contributed by atoms with E-state index in [1.54, 1.807) is 26.0 Å². The van der Waals surface area contributed by atoms with Crippen molar-refractivity contribution in [1.29, 1.82) is 0 Å². The van der Waals surface area contributed by atoms with Gasteiger partial charge in [-0.25, -0.2) is 10.1 Å². The van der Waals surface area contributed by atoms with Gasteiger partial charge in [-0.2, -0.15) is 5.10 Å². The number of hydrazone groups is 1. The maximum Gasteiger partial charge on any atom is 0.280 e. The Morgan fingerprint density at radius 3 is 2.26 bits per heavy atom. The molecule has 0 atom stereocenters. The van der Waals surface area contributed by atoms with Crippen LogP contribution >= 0.6 is 0 Å². The van der Waals surface area contributed by atoms with E-state index in [1.165, 1.54) is 10.2 Å². The Balaban J connectivity index is 1.60. The highest BCUT2D eigenvalue weighted by Crippen LogP contribution is 2.25. The Bertz CT molecular complexity index is 1470. The van der Waals surface area contributed by atoms with Crippen LogP contribution in [0.1, 0.15) is 54.9 Å². The van der Waals surface area contributed by atoms with Crippen LogP contribution in [0.2, 0.25) is 0 Å². The fourth-order valence-electron chi connectivity index (χ4n) is 3.93. The zero-order valence-electron chi connectivity index (χ0n) is 19.9. The number of benzene rings is 3. The number of aromatic hydroxyl groups is 1. The molecule has 1 amide bonds. The summed E-state index contributed by atoms with van der Waals surface area (Å²) in [6, 6.07) is 18.4. The zero-order chi connectivity index (χ0) is 24.6. The average Bonchev–Trinajstić information content (AvgIpc) is 3.10. The molecule has 0 radical (unpaired) electrons. The third-order valence-corrected chi connectivity index (χ3v) is 5.86. The van der Waals surface area contributed by atoms with E-state index >= 15 is 0 Å². The fraction of sp³-hybridized carbons (Fsp3) is 0.222. The minimum absolute atomic E-state index is 0.0151. The van der Waals surface area contributed by atoms with Gasteiger partial charge in [0.1, 0.15) is 5.75 Å². The molecule has 0 unspecified atom stereocenters. The lowest BCUT2D eigenvalue weighted by Crippen LogP contribution is -2.23. The minimum atomic E-state index is -0.561. The zero-order valence-corrected chi connectivity index (χ0v) is 19.9. The molecule has 174 valence electrons. The number of amides is 1. The molecule has 1 aromatic heterocycles. The molecule has 34 heavy (non-hydrogen) atoms. The Morgan fingerprint density at radius 2 is 1.65 bits per heavy atom. The van der Waals surface area contributed by atoms with Crippen LogP contribution in [0.3, 0.4) is 0 Å². The average molecular weight is 457 g/mol. The number of phenols is 1. The van der Waals surface area contributed by atoms with Crippen molar-refractivity contribution in [2.24, 2.45) is 5.10 Å². The van der Waals surface area contributed by atoms with Gasteiger partial charge in [0.2, 0.25) is 0 Å². The van der Waals surface area contributed by atoms with E-state index in [-0.39, 0.29) is 22.3 Å². The Kier molecular flexibility index (Phi) is 5.87. The highest BCUT2D eigenvalue weighted by atomic mass is 16.3. The second-order valence-corrected chi connectivity index (χ2v) is 9.40. The van der Waals surface area contributed by atoms with Crippen LogP contribution < -0.4 is 11.0 Å². The molecule has 0 aliphatic carbocycles. The van der Waals surface area contributed by atoms with Crippen molar-refractivity contribution in [1.82, 2.24) is 15.2 Å². The lowest BCUT2D eigenvalue weighted by Gasteiger charge is -2.19. The van der Waals surface area contributed by atoms with Gasteiger partial charge in [-0.3, -0.25) is 14.7 Å². The smallest absolute Gasteiger partial charge is 0.280 e. The Labute approximate surface area is 197 Å². The number of rotatable bonds is 4. The maximum absolute atomic E-state index is 13.1. The number of aromatic amines is 1. The number of fused-ring (bicyclic) bond motifs is 1. The molecule has 4 rings (SSSR count). The molecular formula is C27H28N4O3. The topological polar surface area (TPSA) is 99.5 Å². The first-order chi connectivity index (χ1) is 16.1. The summed E-state index contributed by atoms with van der Waals surface area (Å²) in [5, 5.41) is 19.2. The summed E-state index contributed by atoms with van der Waals surface area (Å²) in [4.78, 5) is 25.8. The number of aromatic nitrogens is 2. The molecule has 0 aliphatic heterocycles. The predicted octanol–water partition coefficient (Wildman–Crippen LogP) is 4.78. The quantitative estimate of drug-likeness (QED) is 0.304. The number of nitrogens with zero attached hydrogens (tertiary/aromatic N) is 2. The molecule has 0 spiro atoms. The van der Waals surface area contributed by atoms with Gasteiger partial charge >= 0.3 is 0 Å². The summed E-state index contributed by atoms with van der Waals surface area (Å²) in [5.74, 6) is -0.697. The molecule has 0 saturated heterocycles. The minimum Gasteiger partial charge on any atom is -0.507 e. The van der Waals surface area contributed by atoms with Crippen LogP contribution in [0.25, 0.3) is 16.5 Å². The highest BCUT2D eigenvalue weighted by Gasteiger charge is 2.18. The number of hydrogen-bond donors (Lipinski definition) is 3. The number of hydrogen-bond acceptors (Lipinski definition) is 4. The lowest BCUT2D eigenvalue weighted by molar-refractivity contribution is 0.0952. The number of aryl methyl sites for hydroxylation is 1. The number of carbonyl (C=O) groups excluding carboxylic acids is 1. The summed E-state index contributed by atoms with van der Waals surface area (Å²) in [7, 11) is 0. The lowest BCUT2D eigenvalue weighted by atomic mass is 9.87. The van der Waals surface area contributed by atoms with Crippen LogP contribution in [0.4, 0.5) is 0 Å². The highest BCUT2D eigenvalue weighted by molar-refractivity contribution is 6.04. The van der Waals surface area contributed by atoms with E-state index in [9.17, 15) is 14.7 Å². The normalized spacial score (nSPS) is 12.2. The second-order valence-electron chi connectivity index (χ2n) is 9.40. The van der Waals surface area contributed by atoms with E-state index in [2.05, 4.69) is 36.4 Å². The number of carbonyl (C=O) groups is 1. The third kappa shape index (κ3) is 4.37. The van der Waals surface area contributed by atoms with Gasteiger partial charge in [-0.1, -0.05) is 57.2 Å². The van der Waals surface area contributed by atoms with Crippen LogP contribution in [-0.2, 0) is 5.41 Å². The maximum atomic E-state index is 13.1. The predicted molar refractivity (Wildman–Crippen MR) is 135 cm³/mol. The van der Waals surface area contributed by atoms with Gasteiger partial charge in [-0.05, 0) is 59.9 Å².